The maximum Gasteiger partial charge on any atom is 0.0957 e. The van der Waals surface area contributed by atoms with Crippen LogP contribution >= 0.6 is 0 Å². The lowest BCUT2D eigenvalue weighted by molar-refractivity contribution is 0.169. The molecule has 0 spiro atoms. The number of nitrogens with zero attached hydrogens (tertiary/aromatic N) is 2. The summed E-state index contributed by atoms with van der Waals surface area (Å²) in [6, 6.07) is 4.11. The Morgan fingerprint density at radius 3 is 2.75 bits per heavy atom. The van der Waals surface area contributed by atoms with Crippen molar-refractivity contribution >= 4 is 5.69 Å². The molecule has 3 atom stereocenters. The molecule has 2 heterocycles. The van der Waals surface area contributed by atoms with Gasteiger partial charge in [0.05, 0.1) is 23.7 Å². The van der Waals surface area contributed by atoms with Gasteiger partial charge in [-0.1, -0.05) is 26.2 Å². The van der Waals surface area contributed by atoms with Gasteiger partial charge in [0.15, 0.2) is 0 Å². The molecule has 1 aliphatic carbocycles. The zero-order valence-corrected chi connectivity index (χ0v) is 12.5. The highest BCUT2D eigenvalue weighted by atomic mass is 16.3. The SMILES string of the molecule is CCC(O)c1ccc(N2CCC3CCCCC3C2)cn1. The van der Waals surface area contributed by atoms with E-state index >= 15 is 0 Å². The molecule has 0 bridgehead atoms. The van der Waals surface area contributed by atoms with E-state index in [0.717, 1.165) is 24.0 Å². The zero-order valence-electron chi connectivity index (χ0n) is 12.5. The van der Waals surface area contributed by atoms with Crippen LogP contribution in [0.5, 0.6) is 0 Å². The first-order chi connectivity index (χ1) is 9.78. The number of aliphatic hydroxyl groups excluding tert-OH is 1. The summed E-state index contributed by atoms with van der Waals surface area (Å²) in [7, 11) is 0. The number of fused-ring (bicyclic) bond motifs is 1. The minimum absolute atomic E-state index is 0.423. The molecular formula is C17H26N2O. The first-order valence-electron chi connectivity index (χ1n) is 8.17. The molecule has 1 aromatic rings. The molecule has 3 heteroatoms. The summed E-state index contributed by atoms with van der Waals surface area (Å²) in [5.41, 5.74) is 2.02. The van der Waals surface area contributed by atoms with Crippen LogP contribution in [-0.4, -0.2) is 23.2 Å². The normalized spacial score (nSPS) is 28.0. The van der Waals surface area contributed by atoms with E-state index < -0.39 is 6.10 Å². The second-order valence-corrected chi connectivity index (χ2v) is 6.40. The Hall–Kier alpha value is -1.09. The second-order valence-electron chi connectivity index (χ2n) is 6.40. The van der Waals surface area contributed by atoms with Crippen LogP contribution in [0.4, 0.5) is 5.69 Å². The Morgan fingerprint density at radius 2 is 2.05 bits per heavy atom. The van der Waals surface area contributed by atoms with E-state index in [9.17, 15) is 5.11 Å². The average Bonchev–Trinajstić information content (AvgIpc) is 2.54. The van der Waals surface area contributed by atoms with Gasteiger partial charge in [0.25, 0.3) is 0 Å². The number of aliphatic hydroxyl groups is 1. The van der Waals surface area contributed by atoms with E-state index in [0.29, 0.717) is 0 Å². The number of hydrogen-bond acceptors (Lipinski definition) is 3. The quantitative estimate of drug-likeness (QED) is 0.916. The van der Waals surface area contributed by atoms with Crippen LogP contribution in [-0.2, 0) is 0 Å². The van der Waals surface area contributed by atoms with Gasteiger partial charge in [-0.2, -0.15) is 0 Å². The van der Waals surface area contributed by atoms with Gasteiger partial charge in [-0.05, 0) is 43.2 Å². The van der Waals surface area contributed by atoms with E-state index in [1.165, 1.54) is 50.9 Å². The van der Waals surface area contributed by atoms with Crippen LogP contribution < -0.4 is 4.90 Å². The first-order valence-corrected chi connectivity index (χ1v) is 8.17. The Kier molecular flexibility index (Phi) is 4.25. The largest absolute Gasteiger partial charge is 0.387 e. The van der Waals surface area contributed by atoms with Gasteiger partial charge in [-0.25, -0.2) is 0 Å². The highest BCUT2D eigenvalue weighted by Crippen LogP contribution is 2.37. The molecule has 0 aromatic carbocycles. The maximum absolute atomic E-state index is 9.81. The Labute approximate surface area is 122 Å². The predicted molar refractivity (Wildman–Crippen MR) is 81.8 cm³/mol. The van der Waals surface area contributed by atoms with Crippen LogP contribution in [0.1, 0.15) is 57.2 Å². The third-order valence-corrected chi connectivity index (χ3v) is 5.16. The third-order valence-electron chi connectivity index (χ3n) is 5.16. The number of piperidine rings is 1. The minimum Gasteiger partial charge on any atom is -0.387 e. The van der Waals surface area contributed by atoms with Crippen molar-refractivity contribution in [3.63, 3.8) is 0 Å². The fourth-order valence-corrected chi connectivity index (χ4v) is 3.83. The average molecular weight is 274 g/mol. The van der Waals surface area contributed by atoms with Crippen LogP contribution in [0.2, 0.25) is 0 Å². The summed E-state index contributed by atoms with van der Waals surface area (Å²) in [6.07, 6.45) is 9.27. The molecule has 1 aliphatic heterocycles. The molecule has 20 heavy (non-hydrogen) atoms. The van der Waals surface area contributed by atoms with Crippen molar-refractivity contribution in [1.29, 1.82) is 0 Å². The highest BCUT2D eigenvalue weighted by Gasteiger charge is 2.31. The van der Waals surface area contributed by atoms with Crippen molar-refractivity contribution in [3.05, 3.63) is 24.0 Å². The second kappa shape index (κ2) is 6.13. The van der Waals surface area contributed by atoms with Crippen LogP contribution in [0, 0.1) is 11.8 Å². The fraction of sp³-hybridized carbons (Fsp3) is 0.706. The predicted octanol–water partition coefficient (Wildman–Crippen LogP) is 3.54. The summed E-state index contributed by atoms with van der Waals surface area (Å²) >= 11 is 0. The molecule has 110 valence electrons. The van der Waals surface area contributed by atoms with Gasteiger partial charge in [0.2, 0.25) is 0 Å². The lowest BCUT2D eigenvalue weighted by Gasteiger charge is -2.42. The molecule has 2 aliphatic rings. The lowest BCUT2D eigenvalue weighted by Crippen LogP contribution is -2.41. The number of pyridine rings is 1. The highest BCUT2D eigenvalue weighted by molar-refractivity contribution is 5.45. The number of hydrogen-bond donors (Lipinski definition) is 1. The molecule has 3 nitrogen and oxygen atoms in total. The maximum atomic E-state index is 9.81. The number of anilines is 1. The van der Waals surface area contributed by atoms with Gasteiger partial charge in [0.1, 0.15) is 0 Å². The number of aromatic nitrogens is 1. The molecular weight excluding hydrogens is 248 g/mol. The first kappa shape index (κ1) is 13.9. The van der Waals surface area contributed by atoms with Crippen molar-refractivity contribution in [2.75, 3.05) is 18.0 Å². The molecule has 0 radical (unpaired) electrons. The van der Waals surface area contributed by atoms with Crippen molar-refractivity contribution in [3.8, 4) is 0 Å². The minimum atomic E-state index is -0.423. The summed E-state index contributed by atoms with van der Waals surface area (Å²) in [5.74, 6) is 1.85. The van der Waals surface area contributed by atoms with E-state index in [1.54, 1.807) is 0 Å². The topological polar surface area (TPSA) is 36.4 Å². The van der Waals surface area contributed by atoms with Gasteiger partial charge >= 0.3 is 0 Å². The fourth-order valence-electron chi connectivity index (χ4n) is 3.83. The molecule has 3 rings (SSSR count). The van der Waals surface area contributed by atoms with Gasteiger partial charge in [-0.15, -0.1) is 0 Å². The zero-order chi connectivity index (χ0) is 13.9. The van der Waals surface area contributed by atoms with Crippen molar-refractivity contribution in [2.24, 2.45) is 11.8 Å². The van der Waals surface area contributed by atoms with Crippen LogP contribution in [0.3, 0.4) is 0 Å². The molecule has 3 unspecified atom stereocenters. The lowest BCUT2D eigenvalue weighted by atomic mass is 9.75. The Bertz CT molecular complexity index is 431. The van der Waals surface area contributed by atoms with Crippen molar-refractivity contribution < 1.29 is 5.11 Å². The van der Waals surface area contributed by atoms with Crippen LogP contribution in [0.15, 0.2) is 18.3 Å². The Balaban J connectivity index is 1.67. The van der Waals surface area contributed by atoms with Crippen LogP contribution in [0.25, 0.3) is 0 Å². The number of rotatable bonds is 3. The van der Waals surface area contributed by atoms with Gasteiger partial charge in [-0.3, -0.25) is 4.98 Å². The van der Waals surface area contributed by atoms with Crippen molar-refractivity contribution in [1.82, 2.24) is 4.98 Å². The molecule has 2 fully saturated rings. The van der Waals surface area contributed by atoms with E-state index in [2.05, 4.69) is 16.0 Å². The smallest absolute Gasteiger partial charge is 0.0957 e. The summed E-state index contributed by atoms with van der Waals surface area (Å²) < 4.78 is 0. The molecule has 1 N–H and O–H groups in total. The van der Waals surface area contributed by atoms with E-state index in [1.807, 2.05) is 19.2 Å². The van der Waals surface area contributed by atoms with Gasteiger partial charge < -0.3 is 10.0 Å². The Morgan fingerprint density at radius 1 is 1.25 bits per heavy atom. The van der Waals surface area contributed by atoms with Gasteiger partial charge in [0, 0.05) is 13.1 Å². The van der Waals surface area contributed by atoms with Crippen molar-refractivity contribution in [2.45, 2.75) is 51.6 Å². The molecule has 1 aromatic heterocycles. The summed E-state index contributed by atoms with van der Waals surface area (Å²) in [6.45, 7) is 4.34. The third kappa shape index (κ3) is 2.83. The van der Waals surface area contributed by atoms with E-state index in [-0.39, 0.29) is 0 Å². The summed E-state index contributed by atoms with van der Waals surface area (Å²) in [4.78, 5) is 6.92. The molecule has 1 saturated heterocycles. The summed E-state index contributed by atoms with van der Waals surface area (Å²) in [5, 5.41) is 9.81. The standard InChI is InChI=1S/C17H26N2O/c1-2-17(20)16-8-7-15(11-18-16)19-10-9-13-5-3-4-6-14(13)12-19/h7-8,11,13-14,17,20H,2-6,9-10,12H2,1H3. The monoisotopic (exact) mass is 274 g/mol. The molecule has 0 amide bonds. The molecule has 1 saturated carbocycles. The van der Waals surface area contributed by atoms with E-state index in [4.69, 9.17) is 0 Å².